The quantitative estimate of drug-likeness (QED) is 0.372. The molecule has 0 radical (unpaired) electrons. The maximum atomic E-state index is 12.6. The van der Waals surface area contributed by atoms with E-state index in [9.17, 15) is 14.7 Å². The fraction of sp³-hybridized carbons (Fsp3) is 0.704. The summed E-state index contributed by atoms with van der Waals surface area (Å²) in [4.78, 5) is 24.5. The summed E-state index contributed by atoms with van der Waals surface area (Å²) in [5.41, 5.74) is 8.01. The Morgan fingerprint density at radius 2 is 2.00 bits per heavy atom. The molecule has 3 aliphatic rings. The Kier molecular flexibility index (Phi) is 7.70. The van der Waals surface area contributed by atoms with Gasteiger partial charge in [0.15, 0.2) is 11.5 Å². The average molecular weight is 473 g/mol. The number of amides is 1. The van der Waals surface area contributed by atoms with E-state index in [2.05, 4.69) is 12.2 Å². The Bertz CT molecular complexity index is 903. The zero-order chi connectivity index (χ0) is 24.3. The highest BCUT2D eigenvalue weighted by molar-refractivity contribution is 5.81. The Morgan fingerprint density at radius 3 is 2.76 bits per heavy atom. The second-order valence-electron chi connectivity index (χ2n) is 10.6. The predicted molar refractivity (Wildman–Crippen MR) is 130 cm³/mol. The number of hydrogen-bond donors (Lipinski definition) is 3. The van der Waals surface area contributed by atoms with Crippen molar-refractivity contribution < 1.29 is 24.2 Å². The summed E-state index contributed by atoms with van der Waals surface area (Å²) in [6.45, 7) is 2.87. The van der Waals surface area contributed by atoms with E-state index < -0.39 is 0 Å². The van der Waals surface area contributed by atoms with E-state index in [1.54, 1.807) is 7.11 Å². The Labute approximate surface area is 202 Å². The van der Waals surface area contributed by atoms with Crippen LogP contribution in [0.25, 0.3) is 0 Å². The van der Waals surface area contributed by atoms with Crippen LogP contribution in [-0.2, 0) is 20.7 Å². The molecule has 7 nitrogen and oxygen atoms in total. The van der Waals surface area contributed by atoms with Crippen LogP contribution in [0.4, 0.5) is 0 Å². The monoisotopic (exact) mass is 472 g/mol. The first-order chi connectivity index (χ1) is 16.4. The molecule has 0 aromatic heterocycles. The molecule has 2 fully saturated rings. The van der Waals surface area contributed by atoms with E-state index >= 15 is 0 Å². The molecule has 3 aliphatic carbocycles. The molecule has 1 aromatic carbocycles. The van der Waals surface area contributed by atoms with E-state index in [1.807, 2.05) is 12.1 Å². The molecule has 7 heteroatoms. The van der Waals surface area contributed by atoms with E-state index in [-0.39, 0.29) is 35.7 Å². The van der Waals surface area contributed by atoms with Crippen LogP contribution in [-0.4, -0.2) is 43.3 Å². The van der Waals surface area contributed by atoms with Crippen LogP contribution in [0.5, 0.6) is 11.5 Å². The maximum Gasteiger partial charge on any atom is 0.325 e. The van der Waals surface area contributed by atoms with Gasteiger partial charge >= 0.3 is 5.97 Å². The fourth-order valence-corrected chi connectivity index (χ4v) is 6.96. The molecule has 34 heavy (non-hydrogen) atoms. The van der Waals surface area contributed by atoms with Crippen molar-refractivity contribution >= 4 is 11.9 Å². The summed E-state index contributed by atoms with van der Waals surface area (Å²) in [5.74, 6) is 1.85. The minimum atomic E-state index is -0.335. The van der Waals surface area contributed by atoms with Gasteiger partial charge in [-0.1, -0.05) is 13.3 Å². The van der Waals surface area contributed by atoms with Crippen LogP contribution in [0.2, 0.25) is 0 Å². The van der Waals surface area contributed by atoms with E-state index in [4.69, 9.17) is 15.2 Å². The van der Waals surface area contributed by atoms with Crippen molar-refractivity contribution in [3.8, 4) is 11.5 Å². The number of fused-ring (bicyclic) bond motifs is 5. The first-order valence-corrected chi connectivity index (χ1v) is 12.9. The number of aryl methyl sites for hydroxylation is 1. The smallest absolute Gasteiger partial charge is 0.325 e. The average Bonchev–Trinajstić information content (AvgIpc) is 3.15. The number of nitrogens with one attached hydrogen (secondary N) is 1. The van der Waals surface area contributed by atoms with Gasteiger partial charge in [-0.3, -0.25) is 9.59 Å². The summed E-state index contributed by atoms with van der Waals surface area (Å²) >= 11 is 0. The lowest BCUT2D eigenvalue weighted by atomic mass is 9.55. The number of phenols is 1. The van der Waals surface area contributed by atoms with Crippen LogP contribution < -0.4 is 15.8 Å². The second-order valence-corrected chi connectivity index (χ2v) is 10.6. The zero-order valence-electron chi connectivity index (χ0n) is 20.6. The van der Waals surface area contributed by atoms with Gasteiger partial charge in [0, 0.05) is 11.8 Å². The first-order valence-electron chi connectivity index (χ1n) is 12.9. The molecule has 4 rings (SSSR count). The third-order valence-corrected chi connectivity index (χ3v) is 8.75. The summed E-state index contributed by atoms with van der Waals surface area (Å²) in [7, 11) is 1.60. The van der Waals surface area contributed by atoms with E-state index in [0.29, 0.717) is 36.5 Å². The summed E-state index contributed by atoms with van der Waals surface area (Å²) in [6.07, 6.45) is 9.02. The molecule has 0 spiro atoms. The number of esters is 1. The molecule has 0 unspecified atom stereocenters. The standard InChI is InChI=1S/C27H40N2O5/c1-27-12-11-18-19(8-7-17-14-22(30)23(33-2)15-20(17)18)21(27)9-10-24(27)34-26(32)16-29-25(31)6-4-3-5-13-28/h14-15,18-19,21,24,30H,3-13,16,28H2,1-2H3,(H,29,31)/t18-,19+,21-,24-,27-/m0/s1. The van der Waals surface area contributed by atoms with Crippen LogP contribution in [0.3, 0.4) is 0 Å². The van der Waals surface area contributed by atoms with Crippen molar-refractivity contribution in [1.29, 1.82) is 0 Å². The lowest BCUT2D eigenvalue weighted by Gasteiger charge is -2.50. The number of benzene rings is 1. The van der Waals surface area contributed by atoms with Gasteiger partial charge in [0.1, 0.15) is 12.6 Å². The largest absolute Gasteiger partial charge is 0.504 e. The Morgan fingerprint density at radius 1 is 1.18 bits per heavy atom. The van der Waals surface area contributed by atoms with Gasteiger partial charge in [0.25, 0.3) is 0 Å². The van der Waals surface area contributed by atoms with Gasteiger partial charge in [-0.15, -0.1) is 0 Å². The highest BCUT2D eigenvalue weighted by Crippen LogP contribution is 2.62. The predicted octanol–water partition coefficient (Wildman–Crippen LogP) is 3.80. The molecule has 5 atom stereocenters. The van der Waals surface area contributed by atoms with Gasteiger partial charge in [0.05, 0.1) is 7.11 Å². The molecule has 1 amide bonds. The second kappa shape index (κ2) is 10.5. The number of nitrogens with two attached hydrogens (primary N) is 1. The molecule has 0 heterocycles. The molecule has 2 saturated carbocycles. The molecular formula is C27H40N2O5. The number of ether oxygens (including phenoxy) is 2. The highest BCUT2D eigenvalue weighted by atomic mass is 16.5. The van der Waals surface area contributed by atoms with Crippen molar-refractivity contribution in [3.63, 3.8) is 0 Å². The van der Waals surface area contributed by atoms with E-state index in [1.165, 1.54) is 11.1 Å². The van der Waals surface area contributed by atoms with Crippen molar-refractivity contribution in [2.45, 2.75) is 83.2 Å². The summed E-state index contributed by atoms with van der Waals surface area (Å²) in [5, 5.41) is 12.9. The third-order valence-electron chi connectivity index (χ3n) is 8.75. The molecule has 4 N–H and O–H groups in total. The van der Waals surface area contributed by atoms with Gasteiger partial charge in [-0.05, 0) is 98.9 Å². The van der Waals surface area contributed by atoms with Crippen LogP contribution >= 0.6 is 0 Å². The van der Waals surface area contributed by atoms with Gasteiger partial charge in [-0.25, -0.2) is 0 Å². The number of phenolic OH excluding ortho intramolecular Hbond substituents is 1. The van der Waals surface area contributed by atoms with E-state index in [0.717, 1.165) is 57.8 Å². The number of methoxy groups -OCH3 is 1. The highest BCUT2D eigenvalue weighted by Gasteiger charge is 2.56. The molecule has 0 saturated heterocycles. The van der Waals surface area contributed by atoms with Crippen LogP contribution in [0.15, 0.2) is 12.1 Å². The number of hydrogen-bond acceptors (Lipinski definition) is 6. The van der Waals surface area contributed by atoms with Crippen molar-refractivity contribution in [2.24, 2.45) is 23.0 Å². The van der Waals surface area contributed by atoms with Crippen molar-refractivity contribution in [1.82, 2.24) is 5.32 Å². The van der Waals surface area contributed by atoms with Gasteiger partial charge in [0.2, 0.25) is 5.91 Å². The fourth-order valence-electron chi connectivity index (χ4n) is 6.96. The third kappa shape index (κ3) is 4.90. The minimum Gasteiger partial charge on any atom is -0.504 e. The molecule has 188 valence electrons. The normalized spacial score (nSPS) is 29.5. The molecule has 0 bridgehead atoms. The minimum absolute atomic E-state index is 0.0262. The number of aromatic hydroxyl groups is 1. The Balaban J connectivity index is 1.35. The Hall–Kier alpha value is -2.28. The lowest BCUT2D eigenvalue weighted by molar-refractivity contribution is -0.157. The summed E-state index contributed by atoms with van der Waals surface area (Å²) in [6, 6.07) is 3.92. The molecular weight excluding hydrogens is 432 g/mol. The van der Waals surface area contributed by atoms with Crippen molar-refractivity contribution in [2.75, 3.05) is 20.2 Å². The topological polar surface area (TPSA) is 111 Å². The van der Waals surface area contributed by atoms with Gasteiger partial charge < -0.3 is 25.6 Å². The SMILES string of the molecule is COc1cc2c(cc1O)CC[C@@H]1[C@@H]2CC[C@]2(C)[C@@H](OC(=O)CNC(=O)CCCCCN)CC[C@@H]12. The van der Waals surface area contributed by atoms with Gasteiger partial charge in [-0.2, -0.15) is 0 Å². The van der Waals surface area contributed by atoms with Crippen LogP contribution in [0, 0.1) is 17.3 Å². The zero-order valence-corrected chi connectivity index (χ0v) is 20.6. The summed E-state index contributed by atoms with van der Waals surface area (Å²) < 4.78 is 11.3. The molecule has 1 aromatic rings. The lowest BCUT2D eigenvalue weighted by Crippen LogP contribution is -2.46. The number of unbranched alkanes of at least 4 members (excludes halogenated alkanes) is 2. The maximum absolute atomic E-state index is 12.6. The molecule has 0 aliphatic heterocycles. The number of carbonyl (C=O) groups excluding carboxylic acids is 2. The van der Waals surface area contributed by atoms with Crippen LogP contribution in [0.1, 0.15) is 81.8 Å². The number of carbonyl (C=O) groups is 2. The van der Waals surface area contributed by atoms with Crippen molar-refractivity contribution in [3.05, 3.63) is 23.3 Å². The first kappa shape index (κ1) is 24.8. The number of rotatable bonds is 9.